The summed E-state index contributed by atoms with van der Waals surface area (Å²) in [7, 11) is -4.01. The van der Waals surface area contributed by atoms with Gasteiger partial charge in [0.1, 0.15) is 17.4 Å². The van der Waals surface area contributed by atoms with Crippen molar-refractivity contribution in [2.24, 2.45) is 0 Å². The smallest absolute Gasteiger partial charge is 0.336 e. The van der Waals surface area contributed by atoms with Crippen molar-refractivity contribution in [3.05, 3.63) is 105 Å². The molecule has 4 aromatic rings. The summed E-state index contributed by atoms with van der Waals surface area (Å²) in [6.45, 7) is 5.58. The van der Waals surface area contributed by atoms with E-state index in [0.717, 1.165) is 28.5 Å². The van der Waals surface area contributed by atoms with Gasteiger partial charge in [0.2, 0.25) is 10.0 Å². The number of sulfonamides is 1. The Morgan fingerprint density at radius 2 is 1.70 bits per heavy atom. The van der Waals surface area contributed by atoms with Crippen LogP contribution in [0, 0.1) is 13.8 Å². The van der Waals surface area contributed by atoms with Crippen molar-refractivity contribution in [2.45, 2.75) is 51.0 Å². The fourth-order valence-corrected chi connectivity index (χ4v) is 5.35. The van der Waals surface area contributed by atoms with E-state index in [2.05, 4.69) is 4.72 Å². The van der Waals surface area contributed by atoms with Crippen LogP contribution < -0.4 is 15.1 Å². The van der Waals surface area contributed by atoms with Crippen LogP contribution in [0.1, 0.15) is 35.6 Å². The molecule has 0 aliphatic heterocycles. The molecule has 0 spiro atoms. The number of ether oxygens (including phenoxy) is 1. The molecule has 192 valence electrons. The van der Waals surface area contributed by atoms with Gasteiger partial charge in [-0.25, -0.2) is 18.0 Å². The lowest BCUT2D eigenvalue weighted by Gasteiger charge is -2.19. The molecule has 8 heteroatoms. The Hall–Kier alpha value is -3.75. The number of rotatable bonds is 9. The maximum atomic E-state index is 13.4. The van der Waals surface area contributed by atoms with Gasteiger partial charge in [-0.15, -0.1) is 0 Å². The van der Waals surface area contributed by atoms with Crippen LogP contribution in [0.5, 0.6) is 5.75 Å². The number of carbonyl (C=O) groups is 1. The molecule has 1 N–H and O–H groups in total. The molecule has 0 aliphatic rings. The highest BCUT2D eigenvalue weighted by molar-refractivity contribution is 7.89. The summed E-state index contributed by atoms with van der Waals surface area (Å²) in [5, 5.41) is 0.777. The highest BCUT2D eigenvalue weighted by Crippen LogP contribution is 2.29. The van der Waals surface area contributed by atoms with Crippen LogP contribution in [0.3, 0.4) is 0 Å². The van der Waals surface area contributed by atoms with Gasteiger partial charge in [-0.2, -0.15) is 4.72 Å². The molecule has 0 bridgehead atoms. The standard InChI is InChI=1S/C29H29NO6S/c1-4-8-22-18-27(31)36-28-20(3)26(16-15-24(22)28)35-29(32)25(17-21-9-6-5-7-10-21)30-37(33,34)23-13-11-19(2)12-14-23/h5-7,9-16,18,25,30H,4,8,17H2,1-3H3/t25-/m1/s1. The minimum atomic E-state index is -4.01. The Balaban J connectivity index is 1.67. The highest BCUT2D eigenvalue weighted by Gasteiger charge is 2.28. The van der Waals surface area contributed by atoms with Gasteiger partial charge in [0, 0.05) is 17.0 Å². The molecule has 0 fully saturated rings. The molecule has 7 nitrogen and oxygen atoms in total. The summed E-state index contributed by atoms with van der Waals surface area (Å²) in [6.07, 6.45) is 1.66. The van der Waals surface area contributed by atoms with E-state index in [-0.39, 0.29) is 17.1 Å². The molecule has 1 heterocycles. The predicted octanol–water partition coefficient (Wildman–Crippen LogP) is 4.86. The van der Waals surface area contributed by atoms with Crippen molar-refractivity contribution in [3.8, 4) is 5.75 Å². The van der Waals surface area contributed by atoms with E-state index in [4.69, 9.17) is 9.15 Å². The van der Waals surface area contributed by atoms with Crippen molar-refractivity contribution in [3.63, 3.8) is 0 Å². The first-order valence-electron chi connectivity index (χ1n) is 12.1. The molecule has 0 saturated carbocycles. The van der Waals surface area contributed by atoms with Gasteiger partial charge in [0.05, 0.1) is 4.90 Å². The Morgan fingerprint density at radius 3 is 2.38 bits per heavy atom. The zero-order valence-corrected chi connectivity index (χ0v) is 21.8. The third-order valence-corrected chi connectivity index (χ3v) is 7.61. The SMILES string of the molecule is CCCc1cc(=O)oc2c(C)c(OC(=O)[C@@H](Cc3ccccc3)NS(=O)(=O)c3ccc(C)cc3)ccc12. The number of esters is 1. The van der Waals surface area contributed by atoms with E-state index in [1.54, 1.807) is 31.2 Å². The van der Waals surface area contributed by atoms with E-state index in [0.29, 0.717) is 17.6 Å². The number of hydrogen-bond donors (Lipinski definition) is 1. The van der Waals surface area contributed by atoms with Crippen LogP contribution in [0.2, 0.25) is 0 Å². The number of fused-ring (bicyclic) bond motifs is 1. The predicted molar refractivity (Wildman–Crippen MR) is 142 cm³/mol. The largest absolute Gasteiger partial charge is 0.425 e. The van der Waals surface area contributed by atoms with Crippen molar-refractivity contribution < 1.29 is 22.4 Å². The first kappa shape index (κ1) is 26.3. The lowest BCUT2D eigenvalue weighted by molar-refractivity contribution is -0.136. The summed E-state index contributed by atoms with van der Waals surface area (Å²) in [6, 6.07) is 19.1. The number of carbonyl (C=O) groups excluding carboxylic acids is 1. The second-order valence-corrected chi connectivity index (χ2v) is 10.7. The fourth-order valence-electron chi connectivity index (χ4n) is 4.17. The zero-order chi connectivity index (χ0) is 26.6. The Labute approximate surface area is 216 Å². The van der Waals surface area contributed by atoms with Gasteiger partial charge in [-0.1, -0.05) is 61.4 Å². The normalized spacial score (nSPS) is 12.4. The fraction of sp³-hybridized carbons (Fsp3) is 0.241. The first-order chi connectivity index (χ1) is 17.7. The third kappa shape index (κ3) is 6.15. The van der Waals surface area contributed by atoms with E-state index < -0.39 is 27.7 Å². The minimum Gasteiger partial charge on any atom is -0.425 e. The molecule has 3 aromatic carbocycles. The second kappa shape index (κ2) is 11.1. The van der Waals surface area contributed by atoms with E-state index in [9.17, 15) is 18.0 Å². The van der Waals surface area contributed by atoms with Crippen LogP contribution >= 0.6 is 0 Å². The molecular weight excluding hydrogens is 490 g/mol. The third-order valence-electron chi connectivity index (χ3n) is 6.12. The van der Waals surface area contributed by atoms with Crippen LogP contribution in [0.25, 0.3) is 11.0 Å². The van der Waals surface area contributed by atoms with Gasteiger partial charge in [0.25, 0.3) is 0 Å². The lowest BCUT2D eigenvalue weighted by Crippen LogP contribution is -2.44. The molecule has 0 radical (unpaired) electrons. The molecular formula is C29H29NO6S. The maximum absolute atomic E-state index is 13.4. The summed E-state index contributed by atoms with van der Waals surface area (Å²) in [4.78, 5) is 25.6. The molecule has 0 unspecified atom stereocenters. The number of hydrogen-bond acceptors (Lipinski definition) is 6. The summed E-state index contributed by atoms with van der Waals surface area (Å²) >= 11 is 0. The quantitative estimate of drug-likeness (QED) is 0.193. The lowest BCUT2D eigenvalue weighted by atomic mass is 10.0. The summed E-state index contributed by atoms with van der Waals surface area (Å²) in [5.74, 6) is -0.573. The van der Waals surface area contributed by atoms with Gasteiger partial charge in [-0.05, 0) is 62.1 Å². The number of benzene rings is 3. The molecule has 1 atom stereocenters. The average Bonchev–Trinajstić information content (AvgIpc) is 2.86. The van der Waals surface area contributed by atoms with E-state index in [1.165, 1.54) is 18.2 Å². The van der Waals surface area contributed by atoms with Gasteiger partial charge < -0.3 is 9.15 Å². The van der Waals surface area contributed by atoms with Crippen molar-refractivity contribution in [2.75, 3.05) is 0 Å². The zero-order valence-electron chi connectivity index (χ0n) is 21.0. The molecule has 4 rings (SSSR count). The molecule has 37 heavy (non-hydrogen) atoms. The monoisotopic (exact) mass is 519 g/mol. The molecule has 0 amide bonds. The van der Waals surface area contributed by atoms with Crippen molar-refractivity contribution >= 4 is 27.0 Å². The summed E-state index contributed by atoms with van der Waals surface area (Å²) in [5.41, 5.74) is 2.90. The van der Waals surface area contributed by atoms with Crippen molar-refractivity contribution in [1.82, 2.24) is 4.72 Å². The van der Waals surface area contributed by atoms with Gasteiger partial charge >= 0.3 is 11.6 Å². The molecule has 1 aromatic heterocycles. The van der Waals surface area contributed by atoms with Crippen LogP contribution in [0.4, 0.5) is 0 Å². The Morgan fingerprint density at radius 1 is 1.00 bits per heavy atom. The number of aryl methyl sites for hydroxylation is 3. The van der Waals surface area contributed by atoms with Gasteiger partial charge in [0.15, 0.2) is 0 Å². The van der Waals surface area contributed by atoms with Crippen molar-refractivity contribution in [1.29, 1.82) is 0 Å². The van der Waals surface area contributed by atoms with Gasteiger partial charge in [-0.3, -0.25) is 0 Å². The average molecular weight is 520 g/mol. The summed E-state index contributed by atoms with van der Waals surface area (Å²) < 4.78 is 39.9. The topological polar surface area (TPSA) is 103 Å². The van der Waals surface area contributed by atoms with Crippen LogP contribution in [0.15, 0.2) is 86.9 Å². The first-order valence-corrected chi connectivity index (χ1v) is 13.6. The maximum Gasteiger partial charge on any atom is 0.336 e. The second-order valence-electron chi connectivity index (χ2n) is 9.00. The molecule has 0 saturated heterocycles. The Bertz CT molecular complexity index is 1580. The molecule has 0 aliphatic carbocycles. The van der Waals surface area contributed by atoms with E-state index in [1.807, 2.05) is 44.2 Å². The Kier molecular flexibility index (Phi) is 7.90. The van der Waals surface area contributed by atoms with E-state index >= 15 is 0 Å². The number of nitrogens with one attached hydrogen (secondary N) is 1. The highest BCUT2D eigenvalue weighted by atomic mass is 32.2. The van der Waals surface area contributed by atoms with Crippen LogP contribution in [-0.2, 0) is 27.7 Å². The minimum absolute atomic E-state index is 0.0519. The van der Waals surface area contributed by atoms with Crippen LogP contribution in [-0.4, -0.2) is 20.4 Å².